The first-order valence-electron chi connectivity index (χ1n) is 5.43. The van der Waals surface area contributed by atoms with Gasteiger partial charge in [-0.25, -0.2) is 0 Å². The molecule has 1 saturated carbocycles. The molecule has 0 N–H and O–H groups in total. The molecule has 0 amide bonds. The maximum atomic E-state index is 9.17. The van der Waals surface area contributed by atoms with Crippen molar-refractivity contribution in [3.8, 4) is 11.8 Å². The number of nitriles is 1. The number of rotatable bonds is 3. The second-order valence-corrected chi connectivity index (χ2v) is 4.79. The third-order valence-corrected chi connectivity index (χ3v) is 3.69. The Morgan fingerprint density at radius 2 is 2.25 bits per heavy atom. The van der Waals surface area contributed by atoms with E-state index in [-0.39, 0.29) is 5.41 Å². The van der Waals surface area contributed by atoms with E-state index >= 15 is 0 Å². The Bertz CT molecular complexity index is 432. The molecule has 1 aromatic rings. The molecular weight excluding hydrogens is 222 g/mol. The van der Waals surface area contributed by atoms with Crippen LogP contribution in [0.3, 0.4) is 0 Å². The van der Waals surface area contributed by atoms with Crippen LogP contribution in [0.15, 0.2) is 18.2 Å². The number of benzene rings is 1. The SMILES string of the molecule is COc1ccc(CC2(C#N)CCC2)c(Cl)c1. The van der Waals surface area contributed by atoms with Gasteiger partial charge in [0.05, 0.1) is 18.6 Å². The molecule has 0 bridgehead atoms. The van der Waals surface area contributed by atoms with Gasteiger partial charge < -0.3 is 4.74 Å². The molecule has 1 fully saturated rings. The summed E-state index contributed by atoms with van der Waals surface area (Å²) in [6, 6.07) is 8.09. The number of methoxy groups -OCH3 is 1. The van der Waals surface area contributed by atoms with Gasteiger partial charge in [0.2, 0.25) is 0 Å². The zero-order chi connectivity index (χ0) is 11.6. The predicted molar refractivity (Wildman–Crippen MR) is 63.6 cm³/mol. The van der Waals surface area contributed by atoms with Gasteiger partial charge in [0.15, 0.2) is 0 Å². The van der Waals surface area contributed by atoms with Crippen molar-refractivity contribution in [2.75, 3.05) is 7.11 Å². The van der Waals surface area contributed by atoms with Crippen molar-refractivity contribution in [2.24, 2.45) is 5.41 Å². The monoisotopic (exact) mass is 235 g/mol. The Balaban J connectivity index is 2.19. The van der Waals surface area contributed by atoms with Crippen molar-refractivity contribution in [3.05, 3.63) is 28.8 Å². The molecule has 1 aliphatic carbocycles. The van der Waals surface area contributed by atoms with Gasteiger partial charge >= 0.3 is 0 Å². The lowest BCUT2D eigenvalue weighted by molar-refractivity contribution is 0.214. The maximum Gasteiger partial charge on any atom is 0.120 e. The largest absolute Gasteiger partial charge is 0.497 e. The van der Waals surface area contributed by atoms with Crippen molar-refractivity contribution in [1.82, 2.24) is 0 Å². The van der Waals surface area contributed by atoms with E-state index in [0.29, 0.717) is 5.02 Å². The van der Waals surface area contributed by atoms with Crippen LogP contribution in [0.2, 0.25) is 5.02 Å². The molecular formula is C13H14ClNO. The molecule has 0 aromatic heterocycles. The van der Waals surface area contributed by atoms with Crippen molar-refractivity contribution in [1.29, 1.82) is 5.26 Å². The van der Waals surface area contributed by atoms with E-state index in [1.165, 1.54) is 0 Å². The summed E-state index contributed by atoms with van der Waals surface area (Å²) < 4.78 is 5.10. The van der Waals surface area contributed by atoms with Crippen LogP contribution in [0.1, 0.15) is 24.8 Å². The highest BCUT2D eigenvalue weighted by molar-refractivity contribution is 6.31. The molecule has 16 heavy (non-hydrogen) atoms. The molecule has 2 nitrogen and oxygen atoms in total. The highest BCUT2D eigenvalue weighted by atomic mass is 35.5. The van der Waals surface area contributed by atoms with Crippen LogP contribution < -0.4 is 4.74 Å². The first-order chi connectivity index (χ1) is 7.69. The summed E-state index contributed by atoms with van der Waals surface area (Å²) in [5.41, 5.74) is 0.877. The average Bonchev–Trinajstić information content (AvgIpc) is 2.25. The van der Waals surface area contributed by atoms with E-state index in [0.717, 1.165) is 37.0 Å². The summed E-state index contributed by atoms with van der Waals surface area (Å²) in [7, 11) is 1.62. The minimum absolute atomic E-state index is 0.168. The third kappa shape index (κ3) is 2.01. The standard InChI is InChI=1S/C13H14ClNO/c1-16-11-4-3-10(12(14)7-11)8-13(9-15)5-2-6-13/h3-4,7H,2,5-6,8H2,1H3. The molecule has 0 radical (unpaired) electrons. The zero-order valence-corrected chi connectivity index (χ0v) is 10.0. The minimum atomic E-state index is -0.168. The van der Waals surface area contributed by atoms with Gasteiger partial charge in [-0.05, 0) is 37.0 Å². The first-order valence-corrected chi connectivity index (χ1v) is 5.81. The molecule has 0 aliphatic heterocycles. The quantitative estimate of drug-likeness (QED) is 0.802. The molecule has 1 aliphatic rings. The lowest BCUT2D eigenvalue weighted by Gasteiger charge is -2.35. The van der Waals surface area contributed by atoms with Crippen LogP contribution in [-0.4, -0.2) is 7.11 Å². The topological polar surface area (TPSA) is 33.0 Å². The summed E-state index contributed by atoms with van der Waals surface area (Å²) in [5, 5.41) is 9.87. The Hall–Kier alpha value is -1.20. The fourth-order valence-electron chi connectivity index (χ4n) is 2.09. The van der Waals surface area contributed by atoms with E-state index in [1.807, 2.05) is 12.1 Å². The molecule has 1 aromatic carbocycles. The van der Waals surface area contributed by atoms with E-state index in [1.54, 1.807) is 13.2 Å². The molecule has 0 unspecified atom stereocenters. The normalized spacial score (nSPS) is 17.3. The number of hydrogen-bond donors (Lipinski definition) is 0. The van der Waals surface area contributed by atoms with E-state index < -0.39 is 0 Å². The predicted octanol–water partition coefficient (Wildman–Crippen LogP) is 3.58. The first kappa shape index (κ1) is 11.3. The van der Waals surface area contributed by atoms with Crippen LogP contribution >= 0.6 is 11.6 Å². The summed E-state index contributed by atoms with van der Waals surface area (Å²) in [4.78, 5) is 0. The van der Waals surface area contributed by atoms with Gasteiger partial charge in [0.25, 0.3) is 0 Å². The second-order valence-electron chi connectivity index (χ2n) is 4.38. The minimum Gasteiger partial charge on any atom is -0.497 e. The molecule has 0 atom stereocenters. The number of ether oxygens (including phenoxy) is 1. The fraction of sp³-hybridized carbons (Fsp3) is 0.462. The third-order valence-electron chi connectivity index (χ3n) is 3.34. The Morgan fingerprint density at radius 1 is 1.50 bits per heavy atom. The number of halogens is 1. The molecule has 0 saturated heterocycles. The fourth-order valence-corrected chi connectivity index (χ4v) is 2.33. The highest BCUT2D eigenvalue weighted by Gasteiger charge is 2.37. The van der Waals surface area contributed by atoms with Gasteiger partial charge in [-0.3, -0.25) is 0 Å². The summed E-state index contributed by atoms with van der Waals surface area (Å²) in [6.07, 6.45) is 3.89. The van der Waals surface area contributed by atoms with Crippen molar-refractivity contribution >= 4 is 11.6 Å². The van der Waals surface area contributed by atoms with E-state index in [2.05, 4.69) is 6.07 Å². The molecule has 0 spiro atoms. The summed E-state index contributed by atoms with van der Waals surface area (Å²) >= 11 is 6.16. The van der Waals surface area contributed by atoms with Gasteiger partial charge in [-0.1, -0.05) is 24.1 Å². The number of hydrogen-bond acceptors (Lipinski definition) is 2. The molecule has 2 rings (SSSR count). The van der Waals surface area contributed by atoms with Crippen LogP contribution in [0, 0.1) is 16.7 Å². The van der Waals surface area contributed by atoms with E-state index in [4.69, 9.17) is 16.3 Å². The Morgan fingerprint density at radius 3 is 2.69 bits per heavy atom. The van der Waals surface area contributed by atoms with Crippen LogP contribution in [0.4, 0.5) is 0 Å². The van der Waals surface area contributed by atoms with Crippen molar-refractivity contribution in [3.63, 3.8) is 0 Å². The van der Waals surface area contributed by atoms with Gasteiger partial charge in [0, 0.05) is 5.02 Å². The van der Waals surface area contributed by atoms with Gasteiger partial charge in [-0.2, -0.15) is 5.26 Å². The summed E-state index contributed by atoms with van der Waals surface area (Å²) in [5.74, 6) is 0.758. The van der Waals surface area contributed by atoms with Crippen molar-refractivity contribution in [2.45, 2.75) is 25.7 Å². The lowest BCUT2D eigenvalue weighted by Crippen LogP contribution is -2.29. The molecule has 84 valence electrons. The Labute approximate surface area is 101 Å². The Kier molecular flexibility index (Phi) is 3.07. The van der Waals surface area contributed by atoms with Gasteiger partial charge in [0.1, 0.15) is 5.75 Å². The molecule has 0 heterocycles. The van der Waals surface area contributed by atoms with Crippen LogP contribution in [-0.2, 0) is 6.42 Å². The van der Waals surface area contributed by atoms with Crippen molar-refractivity contribution < 1.29 is 4.74 Å². The molecule has 3 heteroatoms. The lowest BCUT2D eigenvalue weighted by atomic mass is 9.66. The average molecular weight is 236 g/mol. The van der Waals surface area contributed by atoms with Crippen LogP contribution in [0.25, 0.3) is 0 Å². The number of nitrogens with zero attached hydrogens (tertiary/aromatic N) is 1. The zero-order valence-electron chi connectivity index (χ0n) is 9.29. The maximum absolute atomic E-state index is 9.17. The summed E-state index contributed by atoms with van der Waals surface area (Å²) in [6.45, 7) is 0. The smallest absolute Gasteiger partial charge is 0.120 e. The van der Waals surface area contributed by atoms with Crippen LogP contribution in [0.5, 0.6) is 5.75 Å². The second kappa shape index (κ2) is 4.35. The highest BCUT2D eigenvalue weighted by Crippen LogP contribution is 2.44. The van der Waals surface area contributed by atoms with Gasteiger partial charge in [-0.15, -0.1) is 0 Å². The van der Waals surface area contributed by atoms with E-state index in [9.17, 15) is 5.26 Å².